The van der Waals surface area contributed by atoms with E-state index in [-0.39, 0.29) is 17.4 Å². The topological polar surface area (TPSA) is 58.6 Å². The molecule has 116 valence electrons. The lowest BCUT2D eigenvalue weighted by atomic mass is 9.91. The Balaban J connectivity index is 1.67. The van der Waals surface area contributed by atoms with Gasteiger partial charge < -0.3 is 10.1 Å². The molecule has 0 radical (unpaired) electrons. The first kappa shape index (κ1) is 14.8. The molecule has 3 unspecified atom stereocenters. The van der Waals surface area contributed by atoms with Crippen molar-refractivity contribution in [1.29, 1.82) is 0 Å². The van der Waals surface area contributed by atoms with Crippen molar-refractivity contribution in [2.24, 2.45) is 0 Å². The predicted octanol–water partition coefficient (Wildman–Crippen LogP) is 1.10. The Hall–Kier alpha value is -0.170. The first-order valence-electron chi connectivity index (χ1n) is 7.94. The maximum Gasteiger partial charge on any atom is 0.218 e. The van der Waals surface area contributed by atoms with Gasteiger partial charge in [0.05, 0.1) is 24.0 Å². The van der Waals surface area contributed by atoms with Gasteiger partial charge in [0.1, 0.15) is 0 Å². The summed E-state index contributed by atoms with van der Waals surface area (Å²) in [5.41, 5.74) is 0. The van der Waals surface area contributed by atoms with Gasteiger partial charge in [0.2, 0.25) is 10.0 Å². The van der Waals surface area contributed by atoms with E-state index in [9.17, 15) is 8.42 Å². The highest BCUT2D eigenvalue weighted by atomic mass is 32.2. The number of fused-ring (bicyclic) bond motifs is 1. The van der Waals surface area contributed by atoms with Gasteiger partial charge in [-0.15, -0.1) is 0 Å². The smallest absolute Gasteiger partial charge is 0.218 e. The molecule has 0 aromatic rings. The second kappa shape index (κ2) is 5.91. The van der Waals surface area contributed by atoms with E-state index in [4.69, 9.17) is 4.74 Å². The van der Waals surface area contributed by atoms with E-state index < -0.39 is 10.0 Å². The zero-order valence-electron chi connectivity index (χ0n) is 12.3. The van der Waals surface area contributed by atoms with Crippen LogP contribution in [0.3, 0.4) is 0 Å². The molecule has 0 spiro atoms. The molecular formula is C14H26N2O3S. The number of nitrogens with one attached hydrogen (secondary N) is 1. The molecule has 0 aromatic heterocycles. The standard InChI is InChI=1S/C14H26N2O3S/c1-11(10-15-12-6-7-12)20(17,18)16-8-9-19-14-5-3-2-4-13(14)16/h11-15H,2-10H2,1H3. The third kappa shape index (κ3) is 3.03. The zero-order valence-corrected chi connectivity index (χ0v) is 13.1. The fourth-order valence-corrected chi connectivity index (χ4v) is 5.05. The van der Waals surface area contributed by atoms with Crippen LogP contribution in [0.5, 0.6) is 0 Å². The molecule has 0 aromatic carbocycles. The summed E-state index contributed by atoms with van der Waals surface area (Å²) in [6.07, 6.45) is 6.73. The molecule has 3 rings (SSSR count). The molecule has 5 nitrogen and oxygen atoms in total. The molecule has 2 aliphatic carbocycles. The Morgan fingerprint density at radius 3 is 2.75 bits per heavy atom. The molecule has 1 saturated heterocycles. The fraction of sp³-hybridized carbons (Fsp3) is 1.00. The second-order valence-corrected chi connectivity index (χ2v) is 8.71. The lowest BCUT2D eigenvalue weighted by molar-refractivity contribution is -0.0588. The van der Waals surface area contributed by atoms with Crippen LogP contribution in [0.2, 0.25) is 0 Å². The summed E-state index contributed by atoms with van der Waals surface area (Å²) in [5, 5.41) is 2.99. The van der Waals surface area contributed by atoms with Crippen molar-refractivity contribution in [3.63, 3.8) is 0 Å². The van der Waals surface area contributed by atoms with Gasteiger partial charge in [-0.1, -0.05) is 12.8 Å². The van der Waals surface area contributed by atoms with Crippen molar-refractivity contribution in [1.82, 2.24) is 9.62 Å². The summed E-state index contributed by atoms with van der Waals surface area (Å²) in [4.78, 5) is 0. The molecule has 2 saturated carbocycles. The number of rotatable bonds is 5. The summed E-state index contributed by atoms with van der Waals surface area (Å²) in [5.74, 6) is 0. The number of nitrogens with zero attached hydrogens (tertiary/aromatic N) is 1. The number of sulfonamides is 1. The highest BCUT2D eigenvalue weighted by Gasteiger charge is 2.42. The third-order valence-electron chi connectivity index (χ3n) is 4.79. The lowest BCUT2D eigenvalue weighted by Gasteiger charge is -2.43. The van der Waals surface area contributed by atoms with Crippen LogP contribution in [0.4, 0.5) is 0 Å². The average molecular weight is 302 g/mol. The first-order valence-corrected chi connectivity index (χ1v) is 9.45. The minimum atomic E-state index is -3.21. The number of hydrogen-bond donors (Lipinski definition) is 1. The molecule has 3 fully saturated rings. The molecular weight excluding hydrogens is 276 g/mol. The normalized spacial score (nSPS) is 33.6. The molecule has 1 N–H and O–H groups in total. The van der Waals surface area contributed by atoms with E-state index in [1.165, 1.54) is 12.8 Å². The van der Waals surface area contributed by atoms with Crippen LogP contribution in [0.25, 0.3) is 0 Å². The minimum absolute atomic E-state index is 0.0749. The van der Waals surface area contributed by atoms with Gasteiger partial charge in [-0.25, -0.2) is 8.42 Å². The highest BCUT2D eigenvalue weighted by molar-refractivity contribution is 7.89. The monoisotopic (exact) mass is 302 g/mol. The van der Waals surface area contributed by atoms with E-state index in [1.807, 2.05) is 6.92 Å². The van der Waals surface area contributed by atoms with Crippen LogP contribution in [0.15, 0.2) is 0 Å². The summed E-state index contributed by atoms with van der Waals surface area (Å²) in [6.45, 7) is 3.47. The van der Waals surface area contributed by atoms with Gasteiger partial charge in [-0.2, -0.15) is 4.31 Å². The molecule has 20 heavy (non-hydrogen) atoms. The van der Waals surface area contributed by atoms with Crippen LogP contribution in [-0.2, 0) is 14.8 Å². The minimum Gasteiger partial charge on any atom is -0.375 e. The summed E-state index contributed by atoms with van der Waals surface area (Å²) in [7, 11) is -3.21. The molecule has 1 heterocycles. The van der Waals surface area contributed by atoms with Crippen molar-refractivity contribution >= 4 is 10.0 Å². The van der Waals surface area contributed by atoms with Gasteiger partial charge in [0.25, 0.3) is 0 Å². The van der Waals surface area contributed by atoms with Crippen LogP contribution < -0.4 is 5.32 Å². The van der Waals surface area contributed by atoms with Crippen LogP contribution in [0, 0.1) is 0 Å². The molecule has 6 heteroatoms. The Morgan fingerprint density at radius 1 is 1.25 bits per heavy atom. The lowest BCUT2D eigenvalue weighted by Crippen LogP contribution is -2.57. The van der Waals surface area contributed by atoms with E-state index >= 15 is 0 Å². The van der Waals surface area contributed by atoms with Crippen molar-refractivity contribution in [3.8, 4) is 0 Å². The largest absolute Gasteiger partial charge is 0.375 e. The number of morpholine rings is 1. The third-order valence-corrected chi connectivity index (χ3v) is 7.08. The average Bonchev–Trinajstić information content (AvgIpc) is 3.28. The van der Waals surface area contributed by atoms with E-state index in [0.29, 0.717) is 25.7 Å². The number of hydrogen-bond acceptors (Lipinski definition) is 4. The molecule has 0 amide bonds. The Bertz CT molecular complexity index is 434. The highest BCUT2D eigenvalue weighted by Crippen LogP contribution is 2.31. The second-order valence-electron chi connectivity index (χ2n) is 6.41. The fourth-order valence-electron chi connectivity index (χ4n) is 3.33. The van der Waals surface area contributed by atoms with Gasteiger partial charge in [-0.3, -0.25) is 0 Å². The molecule has 1 aliphatic heterocycles. The molecule has 3 aliphatic rings. The van der Waals surface area contributed by atoms with Crippen molar-refractivity contribution < 1.29 is 13.2 Å². The van der Waals surface area contributed by atoms with Gasteiger partial charge in [0.15, 0.2) is 0 Å². The predicted molar refractivity (Wildman–Crippen MR) is 78.1 cm³/mol. The Kier molecular flexibility index (Phi) is 4.36. The molecule has 0 bridgehead atoms. The van der Waals surface area contributed by atoms with Crippen LogP contribution >= 0.6 is 0 Å². The van der Waals surface area contributed by atoms with Crippen LogP contribution in [-0.4, -0.2) is 55.9 Å². The maximum absolute atomic E-state index is 12.8. The Labute approximate surface area is 122 Å². The Morgan fingerprint density at radius 2 is 2.00 bits per heavy atom. The summed E-state index contributed by atoms with van der Waals surface area (Å²) in [6, 6.07) is 0.630. The van der Waals surface area contributed by atoms with E-state index in [1.54, 1.807) is 4.31 Å². The quantitative estimate of drug-likeness (QED) is 0.826. The van der Waals surface area contributed by atoms with Crippen molar-refractivity contribution in [3.05, 3.63) is 0 Å². The van der Waals surface area contributed by atoms with Gasteiger partial charge >= 0.3 is 0 Å². The van der Waals surface area contributed by atoms with Gasteiger partial charge in [-0.05, 0) is 32.6 Å². The first-order chi connectivity index (χ1) is 9.59. The maximum atomic E-state index is 12.8. The number of ether oxygens (including phenoxy) is 1. The van der Waals surface area contributed by atoms with Crippen molar-refractivity contribution in [2.45, 2.75) is 68.9 Å². The van der Waals surface area contributed by atoms with Gasteiger partial charge in [0, 0.05) is 19.1 Å². The zero-order chi connectivity index (χ0) is 14.2. The summed E-state index contributed by atoms with van der Waals surface area (Å²) >= 11 is 0. The molecule has 3 atom stereocenters. The summed E-state index contributed by atoms with van der Waals surface area (Å²) < 4.78 is 33.1. The van der Waals surface area contributed by atoms with Crippen molar-refractivity contribution in [2.75, 3.05) is 19.7 Å². The van der Waals surface area contributed by atoms with E-state index in [0.717, 1.165) is 25.7 Å². The SMILES string of the molecule is CC(CNC1CC1)S(=O)(=O)N1CCOC2CCCCC21. The van der Waals surface area contributed by atoms with Crippen LogP contribution in [0.1, 0.15) is 45.4 Å². The van der Waals surface area contributed by atoms with E-state index in [2.05, 4.69) is 5.32 Å².